The summed E-state index contributed by atoms with van der Waals surface area (Å²) in [5.74, 6) is 0.969. The van der Waals surface area contributed by atoms with Crippen LogP contribution in [0.25, 0.3) is 0 Å². The van der Waals surface area contributed by atoms with Crippen LogP contribution in [0.4, 0.5) is 5.82 Å². The minimum absolute atomic E-state index is 0.0951. The molecule has 0 amide bonds. The van der Waals surface area contributed by atoms with Crippen LogP contribution in [0, 0.1) is 0 Å². The number of halogens is 1. The molecule has 2 heterocycles. The van der Waals surface area contributed by atoms with Gasteiger partial charge in [0.15, 0.2) is 0 Å². The summed E-state index contributed by atoms with van der Waals surface area (Å²) in [6.07, 6.45) is 2.09. The third-order valence-electron chi connectivity index (χ3n) is 2.63. The number of anilines is 1. The lowest BCUT2D eigenvalue weighted by molar-refractivity contribution is -0.0107. The molecule has 0 spiro atoms. The fourth-order valence-electron chi connectivity index (χ4n) is 1.96. The molecule has 16 heavy (non-hydrogen) atoms. The Hall–Kier alpha value is -0.650. The van der Waals surface area contributed by atoms with Crippen LogP contribution in [0.1, 0.15) is 6.92 Å². The predicted octanol–water partition coefficient (Wildman–Crippen LogP) is 1.40. The van der Waals surface area contributed by atoms with Crippen molar-refractivity contribution >= 4 is 21.7 Å². The second kappa shape index (κ2) is 5.12. The van der Waals surface area contributed by atoms with E-state index in [4.69, 9.17) is 10.5 Å². The zero-order chi connectivity index (χ0) is 11.5. The molecule has 2 unspecified atom stereocenters. The summed E-state index contributed by atoms with van der Waals surface area (Å²) in [4.78, 5) is 6.61. The Morgan fingerprint density at radius 2 is 2.44 bits per heavy atom. The first-order chi connectivity index (χ1) is 7.70. The van der Waals surface area contributed by atoms with Crippen LogP contribution >= 0.6 is 15.9 Å². The van der Waals surface area contributed by atoms with E-state index in [-0.39, 0.29) is 12.2 Å². The van der Waals surface area contributed by atoms with Crippen LogP contribution in [0.2, 0.25) is 0 Å². The average Bonchev–Trinajstić information content (AvgIpc) is 2.28. The van der Waals surface area contributed by atoms with Gasteiger partial charge in [-0.3, -0.25) is 0 Å². The highest BCUT2D eigenvalue weighted by molar-refractivity contribution is 9.10. The topological polar surface area (TPSA) is 51.4 Å². The molecule has 2 rings (SSSR count). The minimum atomic E-state index is 0.0951. The maximum absolute atomic E-state index is 5.72. The number of nitrogens with zero attached hydrogens (tertiary/aromatic N) is 2. The lowest BCUT2D eigenvalue weighted by Gasteiger charge is -2.37. The summed E-state index contributed by atoms with van der Waals surface area (Å²) in [5, 5.41) is 0. The third-order valence-corrected chi connectivity index (χ3v) is 3.25. The van der Waals surface area contributed by atoms with Gasteiger partial charge in [0.1, 0.15) is 5.82 Å². The number of aromatic nitrogens is 1. The Morgan fingerprint density at radius 3 is 3.12 bits per heavy atom. The normalized spacial score (nSPS) is 25.8. The van der Waals surface area contributed by atoms with Gasteiger partial charge in [-0.1, -0.05) is 0 Å². The van der Waals surface area contributed by atoms with E-state index in [0.717, 1.165) is 23.4 Å². The van der Waals surface area contributed by atoms with Crippen molar-refractivity contribution in [3.63, 3.8) is 0 Å². The van der Waals surface area contributed by atoms with Crippen LogP contribution in [0.15, 0.2) is 22.8 Å². The van der Waals surface area contributed by atoms with Gasteiger partial charge < -0.3 is 15.4 Å². The van der Waals surface area contributed by atoms with Gasteiger partial charge in [0.25, 0.3) is 0 Å². The van der Waals surface area contributed by atoms with Crippen LogP contribution in [0.3, 0.4) is 0 Å². The van der Waals surface area contributed by atoms with E-state index in [2.05, 4.69) is 32.7 Å². The summed E-state index contributed by atoms with van der Waals surface area (Å²) in [5.41, 5.74) is 5.66. The number of morpholine rings is 1. The Balaban J connectivity index is 2.17. The molecule has 1 aliphatic heterocycles. The standard InChI is InChI=1S/C11H16BrN3O/c1-8-6-15(7-9(5-13)16-8)11-10(12)3-2-4-14-11/h2-4,8-9H,5-7,13H2,1H3. The van der Waals surface area contributed by atoms with Crippen molar-refractivity contribution in [2.75, 3.05) is 24.5 Å². The fourth-order valence-corrected chi connectivity index (χ4v) is 2.46. The molecular weight excluding hydrogens is 270 g/mol. The van der Waals surface area contributed by atoms with Crippen molar-refractivity contribution in [3.05, 3.63) is 22.8 Å². The largest absolute Gasteiger partial charge is 0.370 e. The molecule has 1 aromatic heterocycles. The quantitative estimate of drug-likeness (QED) is 0.893. The monoisotopic (exact) mass is 285 g/mol. The van der Waals surface area contributed by atoms with Crippen LogP contribution < -0.4 is 10.6 Å². The van der Waals surface area contributed by atoms with E-state index < -0.39 is 0 Å². The molecule has 1 aliphatic rings. The molecule has 1 aromatic rings. The molecule has 1 fully saturated rings. The number of ether oxygens (including phenoxy) is 1. The number of rotatable bonds is 2. The van der Waals surface area contributed by atoms with E-state index in [0.29, 0.717) is 6.54 Å². The highest BCUT2D eigenvalue weighted by atomic mass is 79.9. The number of nitrogens with two attached hydrogens (primary N) is 1. The first-order valence-corrected chi connectivity index (χ1v) is 6.21. The van der Waals surface area contributed by atoms with Crippen LogP contribution in [0.5, 0.6) is 0 Å². The molecule has 5 heteroatoms. The Bertz CT molecular complexity index is 361. The Kier molecular flexibility index (Phi) is 3.78. The van der Waals surface area contributed by atoms with Crippen LogP contribution in [-0.4, -0.2) is 36.8 Å². The van der Waals surface area contributed by atoms with Crippen LogP contribution in [-0.2, 0) is 4.74 Å². The SMILES string of the molecule is CC1CN(c2ncccc2Br)CC(CN)O1. The zero-order valence-corrected chi connectivity index (χ0v) is 10.9. The second-order valence-electron chi connectivity index (χ2n) is 4.02. The van der Waals surface area contributed by atoms with Crippen molar-refractivity contribution in [2.24, 2.45) is 5.73 Å². The molecule has 0 saturated carbocycles. The summed E-state index contributed by atoms with van der Waals surface area (Å²) in [7, 11) is 0. The van der Waals surface area contributed by atoms with Gasteiger partial charge in [0, 0.05) is 25.8 Å². The molecular formula is C11H16BrN3O. The Labute approximate surface area is 104 Å². The van der Waals surface area contributed by atoms with Gasteiger partial charge >= 0.3 is 0 Å². The maximum atomic E-state index is 5.72. The first kappa shape index (κ1) is 11.8. The predicted molar refractivity (Wildman–Crippen MR) is 67.5 cm³/mol. The molecule has 4 nitrogen and oxygen atoms in total. The maximum Gasteiger partial charge on any atom is 0.143 e. The summed E-state index contributed by atoms with van der Waals surface area (Å²) < 4.78 is 6.73. The highest BCUT2D eigenvalue weighted by Crippen LogP contribution is 2.25. The van der Waals surface area contributed by atoms with Crippen molar-refractivity contribution in [1.82, 2.24) is 4.98 Å². The van der Waals surface area contributed by atoms with Crippen molar-refractivity contribution < 1.29 is 4.74 Å². The van der Waals surface area contributed by atoms with E-state index >= 15 is 0 Å². The van der Waals surface area contributed by atoms with Crippen molar-refractivity contribution in [3.8, 4) is 0 Å². The summed E-state index contributed by atoms with van der Waals surface area (Å²) in [6, 6.07) is 3.91. The smallest absolute Gasteiger partial charge is 0.143 e. The second-order valence-corrected chi connectivity index (χ2v) is 4.87. The first-order valence-electron chi connectivity index (χ1n) is 5.41. The van der Waals surface area contributed by atoms with Gasteiger partial charge in [-0.15, -0.1) is 0 Å². The molecule has 88 valence electrons. The number of hydrogen-bond donors (Lipinski definition) is 1. The van der Waals surface area contributed by atoms with Gasteiger partial charge in [-0.25, -0.2) is 4.98 Å². The Morgan fingerprint density at radius 1 is 1.62 bits per heavy atom. The van der Waals surface area contributed by atoms with E-state index in [9.17, 15) is 0 Å². The summed E-state index contributed by atoms with van der Waals surface area (Å²) >= 11 is 3.52. The van der Waals surface area contributed by atoms with E-state index in [1.54, 1.807) is 6.20 Å². The molecule has 0 aromatic carbocycles. The summed E-state index contributed by atoms with van der Waals surface area (Å²) in [6.45, 7) is 4.26. The van der Waals surface area contributed by atoms with Gasteiger partial charge in [-0.05, 0) is 35.0 Å². The molecule has 2 atom stereocenters. The molecule has 1 saturated heterocycles. The lowest BCUT2D eigenvalue weighted by Crippen LogP contribution is -2.49. The molecule has 0 radical (unpaired) electrons. The number of hydrogen-bond acceptors (Lipinski definition) is 4. The fraction of sp³-hybridized carbons (Fsp3) is 0.545. The molecule has 2 N–H and O–H groups in total. The molecule has 0 bridgehead atoms. The highest BCUT2D eigenvalue weighted by Gasteiger charge is 2.25. The van der Waals surface area contributed by atoms with Gasteiger partial charge in [0.2, 0.25) is 0 Å². The zero-order valence-electron chi connectivity index (χ0n) is 9.27. The number of pyridine rings is 1. The lowest BCUT2D eigenvalue weighted by atomic mass is 10.2. The molecule has 0 aliphatic carbocycles. The average molecular weight is 286 g/mol. The van der Waals surface area contributed by atoms with Crippen molar-refractivity contribution in [1.29, 1.82) is 0 Å². The van der Waals surface area contributed by atoms with Gasteiger partial charge in [0.05, 0.1) is 16.7 Å². The minimum Gasteiger partial charge on any atom is -0.370 e. The van der Waals surface area contributed by atoms with E-state index in [1.807, 2.05) is 12.1 Å². The van der Waals surface area contributed by atoms with E-state index in [1.165, 1.54) is 0 Å². The van der Waals surface area contributed by atoms with Gasteiger partial charge in [-0.2, -0.15) is 0 Å². The van der Waals surface area contributed by atoms with Crippen molar-refractivity contribution in [2.45, 2.75) is 19.1 Å². The third kappa shape index (κ3) is 2.53.